The van der Waals surface area contributed by atoms with Gasteiger partial charge in [-0.3, -0.25) is 9.48 Å². The van der Waals surface area contributed by atoms with Gasteiger partial charge in [-0.05, 0) is 34.9 Å². The van der Waals surface area contributed by atoms with E-state index in [1.54, 1.807) is 10.9 Å². The maximum atomic E-state index is 13.2. The summed E-state index contributed by atoms with van der Waals surface area (Å²) in [7, 11) is 0. The lowest BCUT2D eigenvalue weighted by atomic mass is 10.0. The van der Waals surface area contributed by atoms with Crippen molar-refractivity contribution >= 4 is 46.6 Å². The Labute approximate surface area is 190 Å². The van der Waals surface area contributed by atoms with Crippen LogP contribution in [-0.4, -0.2) is 15.7 Å². The van der Waals surface area contributed by atoms with E-state index in [2.05, 4.69) is 10.4 Å². The zero-order chi connectivity index (χ0) is 21.6. The van der Waals surface area contributed by atoms with Crippen molar-refractivity contribution in [1.29, 1.82) is 0 Å². The van der Waals surface area contributed by atoms with Gasteiger partial charge in [-0.2, -0.15) is 5.10 Å². The van der Waals surface area contributed by atoms with Gasteiger partial charge in [0.15, 0.2) is 5.82 Å². The molecule has 0 fully saturated rings. The number of halogens is 2. The second-order valence-corrected chi connectivity index (χ2v) is 7.78. The fourth-order valence-corrected chi connectivity index (χ4v) is 3.45. The molecule has 0 aliphatic rings. The monoisotopic (exact) mass is 447 g/mol. The van der Waals surface area contributed by atoms with E-state index in [0.717, 1.165) is 16.7 Å². The van der Waals surface area contributed by atoms with Crippen LogP contribution in [0.2, 0.25) is 10.0 Å². The van der Waals surface area contributed by atoms with Gasteiger partial charge in [0, 0.05) is 16.8 Å². The van der Waals surface area contributed by atoms with Gasteiger partial charge in [-0.15, -0.1) is 0 Å². The Morgan fingerprint density at radius 2 is 1.55 bits per heavy atom. The third kappa shape index (κ3) is 5.43. The highest BCUT2D eigenvalue weighted by molar-refractivity contribution is 6.35. The average molecular weight is 448 g/mol. The molecule has 0 atom stereocenters. The standard InChI is InChI=1S/C25H19Cl2N3O/c26-21-13-11-19(12-14-21)16-30-17-23(27)24(29-30)28-25(31)22(20-9-5-2-6-10-20)15-18-7-3-1-4-8-18/h1-15,17H,16H2,(H,28,29,31)/b22-15-. The number of amides is 1. The number of nitrogens with one attached hydrogen (secondary N) is 1. The first-order valence-corrected chi connectivity index (χ1v) is 10.4. The minimum atomic E-state index is -0.284. The van der Waals surface area contributed by atoms with Gasteiger partial charge in [0.05, 0.1) is 6.54 Å². The minimum Gasteiger partial charge on any atom is -0.304 e. The van der Waals surface area contributed by atoms with Crippen molar-refractivity contribution in [3.05, 3.63) is 118 Å². The third-order valence-corrected chi connectivity index (χ3v) is 5.18. The molecule has 0 bridgehead atoms. The number of nitrogens with zero attached hydrogens (tertiary/aromatic N) is 2. The zero-order valence-electron chi connectivity index (χ0n) is 16.5. The van der Waals surface area contributed by atoms with Gasteiger partial charge in [0.1, 0.15) is 5.02 Å². The van der Waals surface area contributed by atoms with Crippen LogP contribution in [-0.2, 0) is 11.3 Å². The number of hydrogen-bond donors (Lipinski definition) is 1. The highest BCUT2D eigenvalue weighted by atomic mass is 35.5. The van der Waals surface area contributed by atoms with E-state index in [1.165, 1.54) is 0 Å². The zero-order valence-corrected chi connectivity index (χ0v) is 18.0. The molecule has 0 aliphatic carbocycles. The van der Waals surface area contributed by atoms with Crippen molar-refractivity contribution in [3.63, 3.8) is 0 Å². The summed E-state index contributed by atoms with van der Waals surface area (Å²) in [5, 5.41) is 8.34. The number of rotatable bonds is 6. The van der Waals surface area contributed by atoms with Gasteiger partial charge in [0.2, 0.25) is 0 Å². The Hall–Kier alpha value is -3.34. The van der Waals surface area contributed by atoms with E-state index >= 15 is 0 Å². The quantitative estimate of drug-likeness (QED) is 0.273. The maximum absolute atomic E-state index is 13.2. The van der Waals surface area contributed by atoms with Crippen LogP contribution in [0.4, 0.5) is 5.82 Å². The highest BCUT2D eigenvalue weighted by Gasteiger charge is 2.16. The molecule has 31 heavy (non-hydrogen) atoms. The summed E-state index contributed by atoms with van der Waals surface area (Å²) >= 11 is 12.3. The number of benzene rings is 3. The summed E-state index contributed by atoms with van der Waals surface area (Å²) in [5.74, 6) is 0.0317. The van der Waals surface area contributed by atoms with E-state index < -0.39 is 0 Å². The molecule has 0 unspecified atom stereocenters. The molecule has 4 rings (SSSR count). The Kier molecular flexibility index (Phi) is 6.51. The molecule has 3 aromatic carbocycles. The lowest BCUT2D eigenvalue weighted by Crippen LogP contribution is -2.15. The Morgan fingerprint density at radius 3 is 2.23 bits per heavy atom. The van der Waals surface area contributed by atoms with Crippen molar-refractivity contribution < 1.29 is 4.79 Å². The first kappa shape index (κ1) is 20.9. The van der Waals surface area contributed by atoms with Crippen molar-refractivity contribution in [1.82, 2.24) is 9.78 Å². The third-order valence-electron chi connectivity index (χ3n) is 4.65. The predicted octanol–water partition coefficient (Wildman–Crippen LogP) is 6.42. The molecule has 1 N–H and O–H groups in total. The fraction of sp³-hybridized carbons (Fsp3) is 0.0400. The van der Waals surface area contributed by atoms with Gasteiger partial charge < -0.3 is 5.32 Å². The minimum absolute atomic E-state index is 0.284. The molecule has 0 aliphatic heterocycles. The SMILES string of the molecule is O=C(Nc1nn(Cc2ccc(Cl)cc2)cc1Cl)/C(=C\c1ccccc1)c1ccccc1. The molecule has 4 aromatic rings. The summed E-state index contributed by atoms with van der Waals surface area (Å²) in [6, 6.07) is 26.7. The highest BCUT2D eigenvalue weighted by Crippen LogP contribution is 2.24. The maximum Gasteiger partial charge on any atom is 0.257 e. The smallest absolute Gasteiger partial charge is 0.257 e. The normalized spacial score (nSPS) is 11.4. The fourth-order valence-electron chi connectivity index (χ4n) is 3.13. The Morgan fingerprint density at radius 1 is 0.903 bits per heavy atom. The molecule has 1 amide bonds. The van der Waals surface area contributed by atoms with Gasteiger partial charge in [0.25, 0.3) is 5.91 Å². The summed E-state index contributed by atoms with van der Waals surface area (Å²) < 4.78 is 1.68. The van der Waals surface area contributed by atoms with Crippen molar-refractivity contribution in [3.8, 4) is 0 Å². The largest absolute Gasteiger partial charge is 0.304 e. The van der Waals surface area contributed by atoms with Crippen molar-refractivity contribution in [2.45, 2.75) is 6.54 Å². The molecular weight excluding hydrogens is 429 g/mol. The number of aromatic nitrogens is 2. The molecule has 1 aromatic heterocycles. The number of carbonyl (C=O) groups is 1. The average Bonchev–Trinajstić information content (AvgIpc) is 3.13. The summed E-state index contributed by atoms with van der Waals surface area (Å²) in [5.41, 5.74) is 3.28. The molecule has 6 heteroatoms. The molecule has 0 radical (unpaired) electrons. The van der Waals surface area contributed by atoms with Crippen LogP contribution in [0.3, 0.4) is 0 Å². The molecule has 0 spiro atoms. The van der Waals surface area contributed by atoms with E-state index in [4.69, 9.17) is 23.2 Å². The van der Waals surface area contributed by atoms with Crippen LogP contribution >= 0.6 is 23.2 Å². The lowest BCUT2D eigenvalue weighted by molar-refractivity contribution is -0.111. The number of hydrogen-bond acceptors (Lipinski definition) is 2. The molecular formula is C25H19Cl2N3O. The number of carbonyl (C=O) groups excluding carboxylic acids is 1. The Bertz CT molecular complexity index is 1200. The van der Waals surface area contributed by atoms with Crippen LogP contribution in [0, 0.1) is 0 Å². The van der Waals surface area contributed by atoms with Crippen LogP contribution in [0.5, 0.6) is 0 Å². The molecule has 154 valence electrons. The number of anilines is 1. The van der Waals surface area contributed by atoms with E-state index in [1.807, 2.05) is 91.0 Å². The molecule has 1 heterocycles. The van der Waals surface area contributed by atoms with E-state index in [0.29, 0.717) is 28.0 Å². The summed E-state index contributed by atoms with van der Waals surface area (Å²) in [6.45, 7) is 0.512. The van der Waals surface area contributed by atoms with Crippen LogP contribution in [0.1, 0.15) is 16.7 Å². The molecule has 0 saturated heterocycles. The van der Waals surface area contributed by atoms with E-state index in [-0.39, 0.29) is 5.91 Å². The van der Waals surface area contributed by atoms with Crippen molar-refractivity contribution in [2.24, 2.45) is 0 Å². The van der Waals surface area contributed by atoms with Gasteiger partial charge >= 0.3 is 0 Å². The van der Waals surface area contributed by atoms with Crippen LogP contribution in [0.25, 0.3) is 11.6 Å². The van der Waals surface area contributed by atoms with Crippen molar-refractivity contribution in [2.75, 3.05) is 5.32 Å². The summed E-state index contributed by atoms with van der Waals surface area (Å²) in [6.07, 6.45) is 3.54. The predicted molar refractivity (Wildman–Crippen MR) is 127 cm³/mol. The first-order valence-electron chi connectivity index (χ1n) is 9.69. The van der Waals surface area contributed by atoms with Gasteiger partial charge in [-0.25, -0.2) is 0 Å². The second-order valence-electron chi connectivity index (χ2n) is 6.94. The second kappa shape index (κ2) is 9.65. The Balaban J connectivity index is 1.58. The lowest BCUT2D eigenvalue weighted by Gasteiger charge is -2.09. The van der Waals surface area contributed by atoms with Crippen LogP contribution < -0.4 is 5.32 Å². The molecule has 0 saturated carbocycles. The first-order chi connectivity index (χ1) is 15.1. The topological polar surface area (TPSA) is 46.9 Å². The summed E-state index contributed by atoms with van der Waals surface area (Å²) in [4.78, 5) is 13.2. The van der Waals surface area contributed by atoms with E-state index in [9.17, 15) is 4.79 Å². The molecule has 4 nitrogen and oxygen atoms in total. The van der Waals surface area contributed by atoms with Crippen LogP contribution in [0.15, 0.2) is 91.1 Å². The van der Waals surface area contributed by atoms with Gasteiger partial charge in [-0.1, -0.05) is 96.0 Å².